The van der Waals surface area contributed by atoms with E-state index in [1.54, 1.807) is 0 Å². The van der Waals surface area contributed by atoms with Gasteiger partial charge in [0.25, 0.3) is 0 Å². The van der Waals surface area contributed by atoms with Crippen molar-refractivity contribution in [2.75, 3.05) is 32.7 Å². The fourth-order valence-corrected chi connectivity index (χ4v) is 2.50. The molecule has 3 nitrogen and oxygen atoms in total. The average Bonchev–Trinajstić information content (AvgIpc) is 3.09. The number of rotatable bonds is 6. The van der Waals surface area contributed by atoms with E-state index in [1.807, 2.05) is 0 Å². The van der Waals surface area contributed by atoms with E-state index in [-0.39, 0.29) is 0 Å². The molecule has 1 aliphatic carbocycles. The molecule has 15 heavy (non-hydrogen) atoms. The maximum Gasteiger partial charge on any atom is 0.00964 e. The summed E-state index contributed by atoms with van der Waals surface area (Å²) in [7, 11) is 0. The molecule has 1 saturated heterocycles. The average molecular weight is 211 g/mol. The molecule has 0 aromatic rings. The van der Waals surface area contributed by atoms with Crippen LogP contribution in [0.4, 0.5) is 0 Å². The summed E-state index contributed by atoms with van der Waals surface area (Å²) < 4.78 is 0. The Hall–Kier alpha value is -0.120. The first kappa shape index (κ1) is 11.4. The van der Waals surface area contributed by atoms with Crippen LogP contribution in [0.2, 0.25) is 0 Å². The van der Waals surface area contributed by atoms with Crippen LogP contribution in [-0.4, -0.2) is 43.7 Å². The predicted molar refractivity (Wildman–Crippen MR) is 63.9 cm³/mol. The second-order valence-electron chi connectivity index (χ2n) is 5.06. The number of likely N-dealkylation sites (tertiary alicyclic amines) is 1. The third-order valence-electron chi connectivity index (χ3n) is 3.70. The van der Waals surface area contributed by atoms with Crippen LogP contribution in [0.5, 0.6) is 0 Å². The molecule has 0 amide bonds. The summed E-state index contributed by atoms with van der Waals surface area (Å²) in [6.45, 7) is 5.80. The van der Waals surface area contributed by atoms with Crippen LogP contribution in [0.15, 0.2) is 0 Å². The Bertz CT molecular complexity index is 172. The van der Waals surface area contributed by atoms with Gasteiger partial charge in [0, 0.05) is 6.04 Å². The molecule has 88 valence electrons. The first-order chi connectivity index (χ1) is 7.40. The molecule has 2 rings (SSSR count). The Labute approximate surface area is 93.4 Å². The minimum absolute atomic E-state index is 0.813. The first-order valence-electron chi connectivity index (χ1n) is 6.55. The van der Waals surface area contributed by atoms with Gasteiger partial charge >= 0.3 is 0 Å². The molecule has 1 aliphatic heterocycles. The molecule has 0 aromatic carbocycles. The number of hydrogen-bond acceptors (Lipinski definition) is 3. The van der Waals surface area contributed by atoms with E-state index in [9.17, 15) is 0 Å². The predicted octanol–water partition coefficient (Wildman–Crippen LogP) is 0.799. The van der Waals surface area contributed by atoms with Crippen molar-refractivity contribution in [3.05, 3.63) is 0 Å². The van der Waals surface area contributed by atoms with Crippen molar-refractivity contribution >= 4 is 0 Å². The zero-order valence-electron chi connectivity index (χ0n) is 9.75. The summed E-state index contributed by atoms with van der Waals surface area (Å²) in [4.78, 5) is 2.69. The van der Waals surface area contributed by atoms with E-state index in [0.717, 1.165) is 31.5 Å². The maximum absolute atomic E-state index is 5.46. The highest BCUT2D eigenvalue weighted by atomic mass is 15.2. The van der Waals surface area contributed by atoms with Crippen LogP contribution in [0.25, 0.3) is 0 Å². The Morgan fingerprint density at radius 3 is 2.47 bits per heavy atom. The number of nitrogens with two attached hydrogens (primary N) is 1. The van der Waals surface area contributed by atoms with E-state index in [1.165, 1.54) is 45.3 Å². The van der Waals surface area contributed by atoms with Crippen LogP contribution in [0.3, 0.4) is 0 Å². The standard InChI is InChI=1S/C12H25N3/c13-6-1-7-14-10-11-4-8-15(9-5-11)12-2-3-12/h11-12,14H,1-10,13H2. The fraction of sp³-hybridized carbons (Fsp3) is 1.00. The van der Waals surface area contributed by atoms with Gasteiger partial charge in [0.05, 0.1) is 0 Å². The van der Waals surface area contributed by atoms with Crippen molar-refractivity contribution in [3.63, 3.8) is 0 Å². The Balaban J connectivity index is 1.53. The maximum atomic E-state index is 5.46. The van der Waals surface area contributed by atoms with E-state index in [4.69, 9.17) is 5.73 Å². The quantitative estimate of drug-likeness (QED) is 0.639. The minimum atomic E-state index is 0.813. The monoisotopic (exact) mass is 211 g/mol. The smallest absolute Gasteiger partial charge is 0.00964 e. The molecule has 0 spiro atoms. The van der Waals surface area contributed by atoms with Crippen molar-refractivity contribution in [2.24, 2.45) is 11.7 Å². The van der Waals surface area contributed by atoms with Crippen molar-refractivity contribution < 1.29 is 0 Å². The molecule has 0 aromatic heterocycles. The van der Waals surface area contributed by atoms with Gasteiger partial charge in [0.15, 0.2) is 0 Å². The molecule has 0 bridgehead atoms. The van der Waals surface area contributed by atoms with Gasteiger partial charge in [0.1, 0.15) is 0 Å². The molecule has 3 heteroatoms. The van der Waals surface area contributed by atoms with Gasteiger partial charge in [-0.1, -0.05) is 0 Å². The van der Waals surface area contributed by atoms with Crippen LogP contribution >= 0.6 is 0 Å². The van der Waals surface area contributed by atoms with Crippen LogP contribution in [0.1, 0.15) is 32.1 Å². The van der Waals surface area contributed by atoms with Crippen molar-refractivity contribution in [1.82, 2.24) is 10.2 Å². The van der Waals surface area contributed by atoms with Crippen LogP contribution < -0.4 is 11.1 Å². The van der Waals surface area contributed by atoms with Crippen molar-refractivity contribution in [3.8, 4) is 0 Å². The van der Waals surface area contributed by atoms with Gasteiger partial charge in [-0.3, -0.25) is 0 Å². The Morgan fingerprint density at radius 1 is 1.13 bits per heavy atom. The Morgan fingerprint density at radius 2 is 1.87 bits per heavy atom. The molecule has 1 heterocycles. The van der Waals surface area contributed by atoms with Crippen molar-refractivity contribution in [1.29, 1.82) is 0 Å². The first-order valence-corrected chi connectivity index (χ1v) is 6.55. The van der Waals surface area contributed by atoms with Gasteiger partial charge in [-0.25, -0.2) is 0 Å². The normalized spacial score (nSPS) is 24.6. The summed E-state index contributed by atoms with van der Waals surface area (Å²) in [5.41, 5.74) is 5.46. The SMILES string of the molecule is NCCCNCC1CCN(C2CC2)CC1. The summed E-state index contributed by atoms with van der Waals surface area (Å²) in [6, 6.07) is 0.969. The lowest BCUT2D eigenvalue weighted by molar-refractivity contribution is 0.174. The molecular formula is C12H25N3. The summed E-state index contributed by atoms with van der Waals surface area (Å²) in [5, 5.41) is 3.52. The van der Waals surface area contributed by atoms with Gasteiger partial charge in [0.2, 0.25) is 0 Å². The molecule has 3 N–H and O–H groups in total. The summed E-state index contributed by atoms with van der Waals surface area (Å²) >= 11 is 0. The minimum Gasteiger partial charge on any atom is -0.330 e. The van der Waals surface area contributed by atoms with Gasteiger partial charge < -0.3 is 16.0 Å². The number of piperidine rings is 1. The van der Waals surface area contributed by atoms with Crippen molar-refractivity contribution in [2.45, 2.75) is 38.1 Å². The highest BCUT2D eigenvalue weighted by Gasteiger charge is 2.31. The lowest BCUT2D eigenvalue weighted by Gasteiger charge is -2.32. The van der Waals surface area contributed by atoms with Crippen LogP contribution in [-0.2, 0) is 0 Å². The third-order valence-corrected chi connectivity index (χ3v) is 3.70. The summed E-state index contributed by atoms with van der Waals surface area (Å²) in [5.74, 6) is 0.915. The second kappa shape index (κ2) is 5.83. The number of nitrogens with zero attached hydrogens (tertiary/aromatic N) is 1. The highest BCUT2D eigenvalue weighted by Crippen LogP contribution is 2.30. The molecule has 2 aliphatic rings. The van der Waals surface area contributed by atoms with Crippen LogP contribution in [0, 0.1) is 5.92 Å². The lowest BCUT2D eigenvalue weighted by Crippen LogP contribution is -2.38. The zero-order chi connectivity index (χ0) is 10.5. The van der Waals surface area contributed by atoms with E-state index in [2.05, 4.69) is 10.2 Å². The summed E-state index contributed by atoms with van der Waals surface area (Å²) in [6.07, 6.45) is 6.82. The molecule has 1 saturated carbocycles. The largest absolute Gasteiger partial charge is 0.330 e. The van der Waals surface area contributed by atoms with E-state index >= 15 is 0 Å². The molecule has 0 radical (unpaired) electrons. The Kier molecular flexibility index (Phi) is 4.42. The number of nitrogens with one attached hydrogen (secondary N) is 1. The van der Waals surface area contributed by atoms with E-state index in [0.29, 0.717) is 0 Å². The highest BCUT2D eigenvalue weighted by molar-refractivity contribution is 4.87. The van der Waals surface area contributed by atoms with Gasteiger partial charge in [-0.05, 0) is 70.7 Å². The van der Waals surface area contributed by atoms with E-state index < -0.39 is 0 Å². The topological polar surface area (TPSA) is 41.3 Å². The number of hydrogen-bond donors (Lipinski definition) is 2. The molecular weight excluding hydrogens is 186 g/mol. The van der Waals surface area contributed by atoms with Gasteiger partial charge in [-0.2, -0.15) is 0 Å². The molecule has 0 unspecified atom stereocenters. The fourth-order valence-electron chi connectivity index (χ4n) is 2.50. The molecule has 2 fully saturated rings. The second-order valence-corrected chi connectivity index (χ2v) is 5.06. The lowest BCUT2D eigenvalue weighted by atomic mass is 9.96. The zero-order valence-corrected chi connectivity index (χ0v) is 9.75. The third kappa shape index (κ3) is 3.74. The molecule has 0 atom stereocenters. The van der Waals surface area contributed by atoms with Gasteiger partial charge in [-0.15, -0.1) is 0 Å².